The molecule has 0 aliphatic heterocycles. The fourth-order valence-electron chi connectivity index (χ4n) is 3.98. The van der Waals surface area contributed by atoms with Crippen molar-refractivity contribution in [1.29, 1.82) is 0 Å². The van der Waals surface area contributed by atoms with Crippen LogP contribution >= 0.6 is 0 Å². The molecule has 4 unspecified atom stereocenters. The Balaban J connectivity index is 1.85. The molecule has 2 rings (SSSR count). The van der Waals surface area contributed by atoms with Crippen molar-refractivity contribution in [1.82, 2.24) is 5.32 Å². The van der Waals surface area contributed by atoms with Crippen LogP contribution in [0.25, 0.3) is 0 Å². The molecule has 0 radical (unpaired) electrons. The van der Waals surface area contributed by atoms with Crippen LogP contribution in [0.3, 0.4) is 0 Å². The summed E-state index contributed by atoms with van der Waals surface area (Å²) in [5.74, 6) is 0.918. The molecule has 0 amide bonds. The third kappa shape index (κ3) is 5.04. The molecule has 1 N–H and O–H groups in total. The van der Waals surface area contributed by atoms with Crippen LogP contribution in [0.2, 0.25) is 0 Å². The van der Waals surface area contributed by atoms with Crippen molar-refractivity contribution in [3.05, 3.63) is 0 Å². The Bertz CT molecular complexity index is 256. The lowest BCUT2D eigenvalue weighted by molar-refractivity contribution is -0.0585. The molecule has 0 bridgehead atoms. The second kappa shape index (κ2) is 9.04. The summed E-state index contributed by atoms with van der Waals surface area (Å²) in [6, 6.07) is 0.611. The molecule has 2 aliphatic carbocycles. The van der Waals surface area contributed by atoms with Gasteiger partial charge in [0.2, 0.25) is 0 Å². The first kappa shape index (κ1) is 16.3. The van der Waals surface area contributed by atoms with E-state index in [-0.39, 0.29) is 0 Å². The van der Waals surface area contributed by atoms with Gasteiger partial charge in [-0.3, -0.25) is 0 Å². The van der Waals surface area contributed by atoms with E-state index in [4.69, 9.17) is 4.74 Å². The summed E-state index contributed by atoms with van der Waals surface area (Å²) in [5, 5.41) is 3.75. The van der Waals surface area contributed by atoms with Crippen LogP contribution in [0, 0.1) is 5.92 Å². The van der Waals surface area contributed by atoms with E-state index in [1.54, 1.807) is 0 Å². The molecule has 2 saturated carbocycles. The van der Waals surface area contributed by atoms with Crippen molar-refractivity contribution >= 4 is 0 Å². The maximum absolute atomic E-state index is 6.59. The first-order chi connectivity index (χ1) is 9.83. The molecule has 0 aromatic carbocycles. The van der Waals surface area contributed by atoms with Crippen molar-refractivity contribution in [2.24, 2.45) is 5.92 Å². The molecule has 0 spiro atoms. The summed E-state index contributed by atoms with van der Waals surface area (Å²) in [7, 11) is 0. The molecule has 2 nitrogen and oxygen atoms in total. The monoisotopic (exact) mass is 281 g/mol. The molecular weight excluding hydrogens is 246 g/mol. The minimum Gasteiger partial charge on any atom is -0.373 e. The zero-order valence-corrected chi connectivity index (χ0v) is 13.7. The van der Waals surface area contributed by atoms with Crippen molar-refractivity contribution in [2.75, 3.05) is 6.54 Å². The van der Waals surface area contributed by atoms with Gasteiger partial charge in [-0.1, -0.05) is 52.4 Å². The lowest BCUT2D eigenvalue weighted by Crippen LogP contribution is -2.43. The van der Waals surface area contributed by atoms with Crippen molar-refractivity contribution in [2.45, 2.75) is 103 Å². The van der Waals surface area contributed by atoms with Gasteiger partial charge in [0.25, 0.3) is 0 Å². The minimum absolute atomic E-state index is 0.477. The largest absolute Gasteiger partial charge is 0.373 e. The van der Waals surface area contributed by atoms with Crippen LogP contribution in [0.1, 0.15) is 84.5 Å². The molecule has 2 aliphatic rings. The molecular formula is C18H35NO. The Kier molecular flexibility index (Phi) is 7.37. The molecule has 0 aromatic heterocycles. The SMILES string of the molecule is CCCNC1CCCCCC1OC1CCCC(CC)C1. The molecule has 2 fully saturated rings. The van der Waals surface area contributed by atoms with E-state index < -0.39 is 0 Å². The van der Waals surface area contributed by atoms with Gasteiger partial charge in [0.05, 0.1) is 12.2 Å². The zero-order valence-electron chi connectivity index (χ0n) is 13.7. The van der Waals surface area contributed by atoms with E-state index in [0.29, 0.717) is 18.2 Å². The summed E-state index contributed by atoms with van der Waals surface area (Å²) in [4.78, 5) is 0. The van der Waals surface area contributed by atoms with E-state index in [0.717, 1.165) is 12.5 Å². The Morgan fingerprint density at radius 1 is 0.950 bits per heavy atom. The highest BCUT2D eigenvalue weighted by Crippen LogP contribution is 2.31. The zero-order chi connectivity index (χ0) is 14.2. The van der Waals surface area contributed by atoms with E-state index in [9.17, 15) is 0 Å². The summed E-state index contributed by atoms with van der Waals surface area (Å²) >= 11 is 0. The summed E-state index contributed by atoms with van der Waals surface area (Å²) in [5.41, 5.74) is 0. The molecule has 4 atom stereocenters. The lowest BCUT2D eigenvalue weighted by Gasteiger charge is -2.34. The highest BCUT2D eigenvalue weighted by atomic mass is 16.5. The van der Waals surface area contributed by atoms with Crippen LogP contribution in [0.15, 0.2) is 0 Å². The van der Waals surface area contributed by atoms with Crippen LogP contribution in [-0.4, -0.2) is 24.8 Å². The highest BCUT2D eigenvalue weighted by Gasteiger charge is 2.29. The Morgan fingerprint density at radius 2 is 1.80 bits per heavy atom. The van der Waals surface area contributed by atoms with Gasteiger partial charge >= 0.3 is 0 Å². The summed E-state index contributed by atoms with van der Waals surface area (Å²) in [6.07, 6.45) is 15.7. The molecule has 0 aromatic rings. The molecule has 20 heavy (non-hydrogen) atoms. The maximum atomic E-state index is 6.59. The molecule has 118 valence electrons. The summed E-state index contributed by atoms with van der Waals surface area (Å²) < 4.78 is 6.59. The van der Waals surface area contributed by atoms with Gasteiger partial charge in [0.1, 0.15) is 0 Å². The van der Waals surface area contributed by atoms with Gasteiger partial charge in [-0.25, -0.2) is 0 Å². The Labute approximate surface area is 126 Å². The van der Waals surface area contributed by atoms with Crippen LogP contribution in [0.5, 0.6) is 0 Å². The predicted molar refractivity (Wildman–Crippen MR) is 86.1 cm³/mol. The third-order valence-electron chi connectivity index (χ3n) is 5.29. The number of hydrogen-bond donors (Lipinski definition) is 1. The van der Waals surface area contributed by atoms with Gasteiger partial charge in [-0.05, 0) is 44.6 Å². The van der Waals surface area contributed by atoms with Gasteiger partial charge in [-0.2, -0.15) is 0 Å². The third-order valence-corrected chi connectivity index (χ3v) is 5.29. The number of ether oxygens (including phenoxy) is 1. The van der Waals surface area contributed by atoms with Crippen LogP contribution in [-0.2, 0) is 4.74 Å². The van der Waals surface area contributed by atoms with Crippen LogP contribution in [0.4, 0.5) is 0 Å². The summed E-state index contributed by atoms with van der Waals surface area (Å²) in [6.45, 7) is 5.74. The maximum Gasteiger partial charge on any atom is 0.0731 e. The quantitative estimate of drug-likeness (QED) is 0.714. The molecule has 2 heteroatoms. The van der Waals surface area contributed by atoms with Gasteiger partial charge < -0.3 is 10.1 Å². The fraction of sp³-hybridized carbons (Fsp3) is 1.00. The predicted octanol–water partition coefficient (Wildman–Crippen LogP) is 4.67. The highest BCUT2D eigenvalue weighted by molar-refractivity contribution is 4.83. The second-order valence-electron chi connectivity index (χ2n) is 6.94. The molecule has 0 saturated heterocycles. The van der Waals surface area contributed by atoms with Gasteiger partial charge in [0.15, 0.2) is 0 Å². The van der Waals surface area contributed by atoms with E-state index in [2.05, 4.69) is 19.2 Å². The Hall–Kier alpha value is -0.0800. The topological polar surface area (TPSA) is 21.3 Å². The fourth-order valence-corrected chi connectivity index (χ4v) is 3.98. The van der Waals surface area contributed by atoms with Crippen molar-refractivity contribution in [3.8, 4) is 0 Å². The van der Waals surface area contributed by atoms with Gasteiger partial charge in [0, 0.05) is 6.04 Å². The number of nitrogens with one attached hydrogen (secondary N) is 1. The number of hydrogen-bond acceptors (Lipinski definition) is 2. The van der Waals surface area contributed by atoms with Crippen LogP contribution < -0.4 is 5.32 Å². The normalized spacial score (nSPS) is 35.7. The lowest BCUT2D eigenvalue weighted by atomic mass is 9.85. The average molecular weight is 281 g/mol. The van der Waals surface area contributed by atoms with E-state index >= 15 is 0 Å². The van der Waals surface area contributed by atoms with Crippen molar-refractivity contribution < 1.29 is 4.74 Å². The van der Waals surface area contributed by atoms with E-state index in [1.165, 1.54) is 70.6 Å². The molecule has 0 heterocycles. The standard InChI is InChI=1S/C18H35NO/c1-3-13-19-17-11-6-5-7-12-18(17)20-16-10-8-9-15(4-2)14-16/h15-19H,3-14H2,1-2H3. The first-order valence-corrected chi connectivity index (χ1v) is 9.22. The average Bonchev–Trinajstić information content (AvgIpc) is 2.70. The first-order valence-electron chi connectivity index (χ1n) is 9.22. The van der Waals surface area contributed by atoms with Gasteiger partial charge in [-0.15, -0.1) is 0 Å². The smallest absolute Gasteiger partial charge is 0.0731 e. The van der Waals surface area contributed by atoms with Crippen molar-refractivity contribution in [3.63, 3.8) is 0 Å². The minimum atomic E-state index is 0.477. The second-order valence-corrected chi connectivity index (χ2v) is 6.94. The number of rotatable bonds is 6. The van der Waals surface area contributed by atoms with E-state index in [1.807, 2.05) is 0 Å². The Morgan fingerprint density at radius 3 is 2.60 bits per heavy atom.